The average Bonchev–Trinajstić information content (AvgIpc) is 3.13. The van der Waals surface area contributed by atoms with Crippen molar-refractivity contribution in [3.63, 3.8) is 0 Å². The van der Waals surface area contributed by atoms with Crippen molar-refractivity contribution in [2.24, 2.45) is 14.1 Å². The monoisotopic (exact) mass is 340 g/mol. The normalized spacial score (nSPS) is 10.8. The second kappa shape index (κ2) is 6.76. The number of hydrogen-bond acceptors (Lipinski definition) is 5. The van der Waals surface area contributed by atoms with Gasteiger partial charge in [-0.3, -0.25) is 14.8 Å². The highest BCUT2D eigenvalue weighted by atomic mass is 16.6. The lowest BCUT2D eigenvalue weighted by atomic mass is 10.1. The summed E-state index contributed by atoms with van der Waals surface area (Å²) in [5.41, 5.74) is 3.34. The minimum absolute atomic E-state index is 0.0372. The van der Waals surface area contributed by atoms with Crippen LogP contribution in [0.25, 0.3) is 11.3 Å². The van der Waals surface area contributed by atoms with Gasteiger partial charge in [-0.2, -0.15) is 10.2 Å². The molecule has 0 amide bonds. The van der Waals surface area contributed by atoms with Crippen molar-refractivity contribution in [3.05, 3.63) is 57.9 Å². The van der Waals surface area contributed by atoms with Crippen LogP contribution >= 0.6 is 0 Å². The summed E-state index contributed by atoms with van der Waals surface area (Å²) in [7, 11) is 3.56. The smallest absolute Gasteiger partial charge is 0.333 e. The van der Waals surface area contributed by atoms with Gasteiger partial charge in [0.1, 0.15) is 5.69 Å². The van der Waals surface area contributed by atoms with Crippen LogP contribution < -0.4 is 5.32 Å². The Balaban J connectivity index is 1.91. The van der Waals surface area contributed by atoms with Gasteiger partial charge in [0.25, 0.3) is 0 Å². The number of anilines is 1. The summed E-state index contributed by atoms with van der Waals surface area (Å²) in [6, 6.07) is 9.86. The number of nitrogens with zero attached hydrogens (tertiary/aromatic N) is 5. The molecule has 0 bridgehead atoms. The van der Waals surface area contributed by atoms with E-state index in [0.717, 1.165) is 16.8 Å². The van der Waals surface area contributed by atoms with Crippen LogP contribution in [0.1, 0.15) is 18.2 Å². The Bertz CT molecular complexity index is 898. The lowest BCUT2D eigenvalue weighted by molar-refractivity contribution is -0.384. The van der Waals surface area contributed by atoms with Gasteiger partial charge in [-0.25, -0.2) is 4.68 Å². The topological polar surface area (TPSA) is 90.8 Å². The SMILES string of the molecule is CCc1nn(C)c(NCc2cn(C)nc2-c2ccccc2)c1[N+](=O)[O-]. The first-order valence-corrected chi connectivity index (χ1v) is 8.03. The molecule has 130 valence electrons. The van der Waals surface area contributed by atoms with E-state index in [4.69, 9.17) is 0 Å². The Morgan fingerprint density at radius 1 is 1.20 bits per heavy atom. The summed E-state index contributed by atoms with van der Waals surface area (Å²) in [5, 5.41) is 23.3. The van der Waals surface area contributed by atoms with E-state index in [1.165, 1.54) is 4.68 Å². The van der Waals surface area contributed by atoms with Crippen LogP contribution in [0.15, 0.2) is 36.5 Å². The van der Waals surface area contributed by atoms with Crippen LogP contribution in [-0.4, -0.2) is 24.5 Å². The van der Waals surface area contributed by atoms with Gasteiger partial charge in [-0.15, -0.1) is 0 Å². The molecule has 3 aromatic rings. The van der Waals surface area contributed by atoms with Crippen LogP contribution in [0.2, 0.25) is 0 Å². The molecule has 0 saturated carbocycles. The van der Waals surface area contributed by atoms with E-state index in [-0.39, 0.29) is 10.6 Å². The fraction of sp³-hybridized carbons (Fsp3) is 0.294. The quantitative estimate of drug-likeness (QED) is 0.550. The highest BCUT2D eigenvalue weighted by Crippen LogP contribution is 2.30. The summed E-state index contributed by atoms with van der Waals surface area (Å²) < 4.78 is 3.27. The minimum atomic E-state index is -0.379. The lowest BCUT2D eigenvalue weighted by Crippen LogP contribution is -2.06. The minimum Gasteiger partial charge on any atom is -0.360 e. The van der Waals surface area contributed by atoms with E-state index in [0.29, 0.717) is 24.5 Å². The molecule has 1 aromatic carbocycles. The molecule has 8 nitrogen and oxygen atoms in total. The summed E-state index contributed by atoms with van der Waals surface area (Å²) >= 11 is 0. The molecule has 0 atom stereocenters. The Morgan fingerprint density at radius 3 is 2.56 bits per heavy atom. The Kier molecular flexibility index (Phi) is 4.51. The van der Waals surface area contributed by atoms with Crippen LogP contribution in [0.3, 0.4) is 0 Å². The molecule has 0 spiro atoms. The van der Waals surface area contributed by atoms with Gasteiger partial charge in [-0.05, 0) is 6.42 Å². The molecule has 2 heterocycles. The zero-order valence-electron chi connectivity index (χ0n) is 14.4. The molecule has 0 radical (unpaired) electrons. The standard InChI is InChI=1S/C17H20N6O2/c1-4-14-16(23(24)25)17(22(3)19-14)18-10-13-11-21(2)20-15(13)12-8-6-5-7-9-12/h5-9,11,18H,4,10H2,1-3H3. The van der Waals surface area contributed by atoms with Gasteiger partial charge in [0, 0.05) is 38.0 Å². The molecule has 1 N–H and O–H groups in total. The number of nitro groups is 1. The van der Waals surface area contributed by atoms with Crippen molar-refractivity contribution in [1.29, 1.82) is 0 Å². The fourth-order valence-electron chi connectivity index (χ4n) is 2.88. The summed E-state index contributed by atoms with van der Waals surface area (Å²) in [5.74, 6) is 0.407. The van der Waals surface area contributed by atoms with E-state index in [1.54, 1.807) is 11.7 Å². The summed E-state index contributed by atoms with van der Waals surface area (Å²) in [4.78, 5) is 11.0. The van der Waals surface area contributed by atoms with Crippen molar-refractivity contribution in [2.45, 2.75) is 19.9 Å². The predicted molar refractivity (Wildman–Crippen MR) is 95.2 cm³/mol. The van der Waals surface area contributed by atoms with Crippen molar-refractivity contribution < 1.29 is 4.92 Å². The second-order valence-corrected chi connectivity index (χ2v) is 5.77. The van der Waals surface area contributed by atoms with Gasteiger partial charge >= 0.3 is 5.69 Å². The van der Waals surface area contributed by atoms with E-state index in [2.05, 4.69) is 15.5 Å². The largest absolute Gasteiger partial charge is 0.360 e. The molecule has 0 saturated heterocycles. The predicted octanol–water partition coefficient (Wildman–Crippen LogP) is 2.90. The zero-order valence-corrected chi connectivity index (χ0v) is 14.4. The first-order chi connectivity index (χ1) is 12.0. The number of benzene rings is 1. The van der Waals surface area contributed by atoms with Gasteiger partial charge in [0.15, 0.2) is 0 Å². The van der Waals surface area contributed by atoms with E-state index in [9.17, 15) is 10.1 Å². The average molecular weight is 340 g/mol. The molecule has 0 unspecified atom stereocenters. The van der Waals surface area contributed by atoms with Crippen LogP contribution in [0.5, 0.6) is 0 Å². The van der Waals surface area contributed by atoms with Crippen LogP contribution in [0.4, 0.5) is 11.5 Å². The van der Waals surface area contributed by atoms with E-state index in [1.807, 2.05) is 50.5 Å². The number of rotatable bonds is 6. The molecule has 2 aromatic heterocycles. The third-order valence-electron chi connectivity index (χ3n) is 4.01. The van der Waals surface area contributed by atoms with Crippen molar-refractivity contribution in [3.8, 4) is 11.3 Å². The van der Waals surface area contributed by atoms with Gasteiger partial charge < -0.3 is 5.32 Å². The number of nitrogens with one attached hydrogen (secondary N) is 1. The Labute approximate surface area is 145 Å². The first kappa shape index (κ1) is 16.7. The molecular weight excluding hydrogens is 320 g/mol. The van der Waals surface area contributed by atoms with Gasteiger partial charge in [0.05, 0.1) is 10.6 Å². The van der Waals surface area contributed by atoms with Crippen molar-refractivity contribution in [1.82, 2.24) is 19.6 Å². The van der Waals surface area contributed by atoms with Crippen LogP contribution in [-0.2, 0) is 27.1 Å². The highest BCUT2D eigenvalue weighted by molar-refractivity contribution is 5.64. The number of aromatic nitrogens is 4. The Morgan fingerprint density at radius 2 is 1.92 bits per heavy atom. The van der Waals surface area contributed by atoms with Crippen molar-refractivity contribution >= 4 is 11.5 Å². The maximum absolute atomic E-state index is 11.4. The lowest BCUT2D eigenvalue weighted by Gasteiger charge is -2.06. The summed E-state index contributed by atoms with van der Waals surface area (Å²) in [6.07, 6.45) is 2.42. The molecule has 3 rings (SSSR count). The molecule has 8 heteroatoms. The zero-order chi connectivity index (χ0) is 18.0. The molecule has 0 aliphatic rings. The van der Waals surface area contributed by atoms with E-state index >= 15 is 0 Å². The fourth-order valence-corrected chi connectivity index (χ4v) is 2.88. The number of hydrogen-bond donors (Lipinski definition) is 1. The van der Waals surface area contributed by atoms with Gasteiger partial charge in [0.2, 0.25) is 5.82 Å². The second-order valence-electron chi connectivity index (χ2n) is 5.77. The molecule has 0 aliphatic heterocycles. The maximum Gasteiger partial charge on any atom is 0.333 e. The molecule has 0 aliphatic carbocycles. The van der Waals surface area contributed by atoms with E-state index < -0.39 is 0 Å². The maximum atomic E-state index is 11.4. The highest BCUT2D eigenvalue weighted by Gasteiger charge is 2.25. The van der Waals surface area contributed by atoms with Crippen molar-refractivity contribution in [2.75, 3.05) is 5.32 Å². The molecular formula is C17H20N6O2. The van der Waals surface area contributed by atoms with Gasteiger partial charge in [-0.1, -0.05) is 37.3 Å². The van der Waals surface area contributed by atoms with Crippen LogP contribution in [0, 0.1) is 10.1 Å². The molecule has 25 heavy (non-hydrogen) atoms. The third kappa shape index (κ3) is 3.23. The first-order valence-electron chi connectivity index (χ1n) is 8.03. The molecule has 0 fully saturated rings. The third-order valence-corrected chi connectivity index (χ3v) is 4.01. The summed E-state index contributed by atoms with van der Waals surface area (Å²) in [6.45, 7) is 2.27. The Hall–Kier alpha value is -3.16. The number of aryl methyl sites for hydroxylation is 3.